The number of benzene rings is 2. The van der Waals surface area contributed by atoms with Crippen molar-refractivity contribution in [3.8, 4) is 0 Å². The maximum absolute atomic E-state index is 12.4. The third-order valence-electron chi connectivity index (χ3n) is 5.04. The number of hydrogen-bond acceptors (Lipinski definition) is 4. The van der Waals surface area contributed by atoms with Crippen LogP contribution >= 0.6 is 11.6 Å². The summed E-state index contributed by atoms with van der Waals surface area (Å²) in [7, 11) is 0. The molecule has 7 heteroatoms. The van der Waals surface area contributed by atoms with Gasteiger partial charge < -0.3 is 14.6 Å². The summed E-state index contributed by atoms with van der Waals surface area (Å²) in [4.78, 5) is 28.5. The average Bonchev–Trinajstić information content (AvgIpc) is 3.06. The summed E-state index contributed by atoms with van der Waals surface area (Å²) >= 11 is 5.95. The lowest BCUT2D eigenvalue weighted by Crippen LogP contribution is -2.38. The number of aromatic amines is 1. The van der Waals surface area contributed by atoms with Crippen LogP contribution in [-0.2, 0) is 0 Å². The molecule has 0 saturated carbocycles. The number of nitrogens with zero attached hydrogens (tertiary/aromatic N) is 1. The quantitative estimate of drug-likeness (QED) is 0.721. The zero-order valence-corrected chi connectivity index (χ0v) is 15.5. The number of oxazole rings is 1. The number of H-pyrrole nitrogens is 1. The van der Waals surface area contributed by atoms with Gasteiger partial charge in [-0.25, -0.2) is 4.79 Å². The average molecular weight is 386 g/mol. The van der Waals surface area contributed by atoms with Gasteiger partial charge in [-0.15, -0.1) is 0 Å². The molecular weight excluding hydrogens is 366 g/mol. The fourth-order valence-corrected chi connectivity index (χ4v) is 3.60. The summed E-state index contributed by atoms with van der Waals surface area (Å²) in [5, 5.41) is 3.74. The molecule has 2 N–H and O–H groups in total. The highest BCUT2D eigenvalue weighted by Gasteiger charge is 2.20. The zero-order chi connectivity index (χ0) is 18.8. The topological polar surface area (TPSA) is 78.3 Å². The van der Waals surface area contributed by atoms with E-state index in [2.05, 4.69) is 15.2 Å². The van der Waals surface area contributed by atoms with E-state index in [1.807, 2.05) is 24.3 Å². The van der Waals surface area contributed by atoms with Gasteiger partial charge in [-0.3, -0.25) is 9.78 Å². The molecule has 1 aliphatic rings. The van der Waals surface area contributed by atoms with Gasteiger partial charge >= 0.3 is 5.76 Å². The van der Waals surface area contributed by atoms with Crippen LogP contribution in [0.1, 0.15) is 23.2 Å². The molecule has 27 heavy (non-hydrogen) atoms. The van der Waals surface area contributed by atoms with E-state index in [0.29, 0.717) is 29.1 Å². The minimum atomic E-state index is -0.519. The number of hydrogen-bond donors (Lipinski definition) is 2. The molecule has 0 atom stereocenters. The Balaban J connectivity index is 1.30. The molecule has 0 aliphatic carbocycles. The van der Waals surface area contributed by atoms with E-state index >= 15 is 0 Å². The normalized spacial score (nSPS) is 15.2. The molecule has 4 rings (SSSR count). The highest BCUT2D eigenvalue weighted by molar-refractivity contribution is 6.30. The maximum Gasteiger partial charge on any atom is 0.417 e. The molecular formula is C20H20ClN3O3. The Kier molecular flexibility index (Phi) is 4.90. The molecule has 0 unspecified atom stereocenters. The van der Waals surface area contributed by atoms with Crippen LogP contribution in [0.25, 0.3) is 11.1 Å². The van der Waals surface area contributed by atoms with Gasteiger partial charge in [0.1, 0.15) is 0 Å². The number of rotatable bonds is 4. The minimum Gasteiger partial charge on any atom is -0.408 e. The summed E-state index contributed by atoms with van der Waals surface area (Å²) in [6, 6.07) is 12.9. The second-order valence-electron chi connectivity index (χ2n) is 6.84. The van der Waals surface area contributed by atoms with Crippen molar-refractivity contribution in [1.82, 2.24) is 10.3 Å². The molecule has 0 bridgehead atoms. The van der Waals surface area contributed by atoms with Crippen molar-refractivity contribution in [3.63, 3.8) is 0 Å². The summed E-state index contributed by atoms with van der Waals surface area (Å²) in [6.45, 7) is 2.56. The van der Waals surface area contributed by atoms with E-state index in [1.54, 1.807) is 18.2 Å². The first-order chi connectivity index (χ1) is 13.1. The Labute approximate surface area is 161 Å². The third-order valence-corrected chi connectivity index (χ3v) is 5.29. The molecule has 2 heterocycles. The number of fused-ring (bicyclic) bond motifs is 1. The molecule has 1 fully saturated rings. The highest BCUT2D eigenvalue weighted by Crippen LogP contribution is 2.24. The smallest absolute Gasteiger partial charge is 0.408 e. The zero-order valence-electron chi connectivity index (χ0n) is 14.7. The number of nitrogens with one attached hydrogen (secondary N) is 2. The van der Waals surface area contributed by atoms with Gasteiger partial charge in [0, 0.05) is 35.9 Å². The summed E-state index contributed by atoms with van der Waals surface area (Å²) < 4.78 is 5.01. The molecule has 3 aromatic rings. The van der Waals surface area contributed by atoms with Crippen LogP contribution < -0.4 is 16.0 Å². The molecule has 1 aromatic heterocycles. The Hall–Kier alpha value is -2.73. The van der Waals surface area contributed by atoms with E-state index < -0.39 is 5.76 Å². The fourth-order valence-electron chi connectivity index (χ4n) is 3.47. The SMILES string of the molecule is O=C(NCC1CCN(c2ccc(Cl)cc2)CC1)c1ccc2[nH]c(=O)oc2c1. The molecule has 6 nitrogen and oxygen atoms in total. The summed E-state index contributed by atoms with van der Waals surface area (Å²) in [5.74, 6) is -0.220. The largest absolute Gasteiger partial charge is 0.417 e. The van der Waals surface area contributed by atoms with Gasteiger partial charge in [-0.2, -0.15) is 0 Å². The first-order valence-electron chi connectivity index (χ1n) is 9.00. The molecule has 1 amide bonds. The first-order valence-corrected chi connectivity index (χ1v) is 9.38. The van der Waals surface area contributed by atoms with Crippen LogP contribution in [-0.4, -0.2) is 30.5 Å². The van der Waals surface area contributed by atoms with Crippen LogP contribution in [0, 0.1) is 5.92 Å². The fraction of sp³-hybridized carbons (Fsp3) is 0.300. The standard InChI is InChI=1S/C20H20ClN3O3/c21-15-2-4-16(5-3-15)24-9-7-13(8-10-24)12-22-19(25)14-1-6-17-18(11-14)27-20(26)23-17/h1-6,11,13H,7-10,12H2,(H,22,25)(H,23,26). The first kappa shape index (κ1) is 17.7. The van der Waals surface area contributed by atoms with Gasteiger partial charge in [-0.05, 0) is 61.2 Å². The Morgan fingerprint density at radius 2 is 1.93 bits per heavy atom. The van der Waals surface area contributed by atoms with Crippen molar-refractivity contribution in [2.75, 3.05) is 24.5 Å². The lowest BCUT2D eigenvalue weighted by atomic mass is 9.96. The molecule has 1 saturated heterocycles. The van der Waals surface area contributed by atoms with Gasteiger partial charge in [0.25, 0.3) is 5.91 Å². The highest BCUT2D eigenvalue weighted by atomic mass is 35.5. The number of amides is 1. The second kappa shape index (κ2) is 7.48. The molecule has 0 spiro atoms. The van der Waals surface area contributed by atoms with E-state index in [1.165, 1.54) is 5.69 Å². The lowest BCUT2D eigenvalue weighted by Gasteiger charge is -2.33. The Morgan fingerprint density at radius 3 is 2.67 bits per heavy atom. The maximum atomic E-state index is 12.4. The van der Waals surface area contributed by atoms with Crippen molar-refractivity contribution in [2.24, 2.45) is 5.92 Å². The summed E-state index contributed by atoms with van der Waals surface area (Å²) in [5.41, 5.74) is 2.65. The van der Waals surface area contributed by atoms with Crippen LogP contribution in [0.2, 0.25) is 5.02 Å². The third kappa shape index (κ3) is 4.01. The van der Waals surface area contributed by atoms with E-state index in [4.69, 9.17) is 16.0 Å². The number of carbonyl (C=O) groups excluding carboxylic acids is 1. The lowest BCUT2D eigenvalue weighted by molar-refractivity contribution is 0.0945. The molecule has 0 radical (unpaired) electrons. The van der Waals surface area contributed by atoms with Gasteiger partial charge in [0.2, 0.25) is 0 Å². The van der Waals surface area contributed by atoms with Crippen LogP contribution in [0.4, 0.5) is 5.69 Å². The van der Waals surface area contributed by atoms with Crippen molar-refractivity contribution in [1.29, 1.82) is 0 Å². The summed E-state index contributed by atoms with van der Waals surface area (Å²) in [6.07, 6.45) is 2.04. The van der Waals surface area contributed by atoms with Crippen LogP contribution in [0.5, 0.6) is 0 Å². The number of aromatic nitrogens is 1. The predicted octanol–water partition coefficient (Wildman–Crippen LogP) is 3.42. The molecule has 1 aliphatic heterocycles. The molecule has 2 aromatic carbocycles. The van der Waals surface area contributed by atoms with E-state index in [-0.39, 0.29) is 5.91 Å². The Bertz CT molecular complexity index is 1000. The number of anilines is 1. The van der Waals surface area contributed by atoms with E-state index in [0.717, 1.165) is 31.0 Å². The predicted molar refractivity (Wildman–Crippen MR) is 106 cm³/mol. The second-order valence-corrected chi connectivity index (χ2v) is 7.28. The van der Waals surface area contributed by atoms with Gasteiger partial charge in [0.15, 0.2) is 5.58 Å². The number of carbonyl (C=O) groups is 1. The number of halogens is 1. The van der Waals surface area contributed by atoms with Crippen molar-refractivity contribution in [2.45, 2.75) is 12.8 Å². The van der Waals surface area contributed by atoms with E-state index in [9.17, 15) is 9.59 Å². The minimum absolute atomic E-state index is 0.152. The van der Waals surface area contributed by atoms with Crippen LogP contribution in [0.3, 0.4) is 0 Å². The van der Waals surface area contributed by atoms with Gasteiger partial charge in [-0.1, -0.05) is 11.6 Å². The van der Waals surface area contributed by atoms with Crippen molar-refractivity contribution >= 4 is 34.3 Å². The Morgan fingerprint density at radius 1 is 1.19 bits per heavy atom. The molecule has 140 valence electrons. The van der Waals surface area contributed by atoms with Gasteiger partial charge in [0.05, 0.1) is 5.52 Å². The number of piperidine rings is 1. The van der Waals surface area contributed by atoms with Crippen molar-refractivity contribution in [3.05, 3.63) is 63.6 Å². The monoisotopic (exact) mass is 385 g/mol. The van der Waals surface area contributed by atoms with Crippen molar-refractivity contribution < 1.29 is 9.21 Å². The van der Waals surface area contributed by atoms with Crippen LogP contribution in [0.15, 0.2) is 51.7 Å².